The molecule has 4 aromatic carbocycles. The fourth-order valence-corrected chi connectivity index (χ4v) is 10.0. The minimum absolute atomic E-state index is 1.08. The van der Waals surface area contributed by atoms with E-state index in [-0.39, 0.29) is 0 Å². The lowest BCUT2D eigenvalue weighted by molar-refractivity contribution is 1.19. The van der Waals surface area contributed by atoms with Crippen molar-refractivity contribution < 1.29 is 0 Å². The maximum atomic E-state index is 2.58. The quantitative estimate of drug-likeness (QED) is 0.248. The van der Waals surface area contributed by atoms with E-state index in [4.69, 9.17) is 0 Å². The highest BCUT2D eigenvalue weighted by Gasteiger charge is 2.36. The van der Waals surface area contributed by atoms with Crippen LogP contribution in [0.4, 0.5) is 0 Å². The van der Waals surface area contributed by atoms with E-state index >= 15 is 0 Å². The lowest BCUT2D eigenvalue weighted by Crippen LogP contribution is -2.55. The van der Waals surface area contributed by atoms with Crippen molar-refractivity contribution in [2.75, 3.05) is 0 Å². The van der Waals surface area contributed by atoms with Crippen molar-refractivity contribution in [2.24, 2.45) is 0 Å². The van der Waals surface area contributed by atoms with Crippen molar-refractivity contribution in [1.29, 1.82) is 0 Å². The highest BCUT2D eigenvalue weighted by molar-refractivity contribution is 7.01. The van der Waals surface area contributed by atoms with Crippen molar-refractivity contribution in [3.63, 3.8) is 0 Å². The topological polar surface area (TPSA) is 0 Å². The van der Waals surface area contributed by atoms with Gasteiger partial charge in [0.15, 0.2) is 0 Å². The monoisotopic (exact) mass is 496 g/mol. The molecule has 37 heavy (non-hydrogen) atoms. The maximum Gasteiger partial charge on any atom is 0.113 e. The summed E-state index contributed by atoms with van der Waals surface area (Å²) in [7, 11) is -1.99. The van der Waals surface area contributed by atoms with Crippen LogP contribution < -0.4 is 10.4 Å². The number of benzene rings is 4. The van der Waals surface area contributed by atoms with Gasteiger partial charge in [-0.2, -0.15) is 0 Å². The Morgan fingerprint density at radius 3 is 1.24 bits per heavy atom. The molecule has 184 valence electrons. The molecule has 0 heterocycles. The molecule has 0 atom stereocenters. The molecule has 0 aromatic heterocycles. The second-order valence-electron chi connectivity index (χ2n) is 11.5. The fraction of sp³-hybridized carbons (Fsp3) is 0.222. The average Bonchev–Trinajstić information content (AvgIpc) is 3.38. The summed E-state index contributed by atoms with van der Waals surface area (Å²) in [5, 5.41) is 3.21. The summed E-state index contributed by atoms with van der Waals surface area (Å²) in [6.45, 7) is 14.5. The third-order valence-electron chi connectivity index (χ3n) is 9.06. The normalized spacial score (nSPS) is 14.9. The van der Waals surface area contributed by atoms with Crippen LogP contribution in [-0.2, 0) is 12.8 Å². The fourth-order valence-electron chi connectivity index (χ4n) is 6.77. The third-order valence-corrected chi connectivity index (χ3v) is 12.7. The molecule has 0 aliphatic heterocycles. The van der Waals surface area contributed by atoms with E-state index in [9.17, 15) is 0 Å². The minimum atomic E-state index is -1.99. The van der Waals surface area contributed by atoms with Crippen LogP contribution in [0, 0.1) is 0 Å². The number of fused-ring (bicyclic) bond motifs is 2. The summed E-state index contributed by atoms with van der Waals surface area (Å²) in [6, 6.07) is 31.7. The first-order valence-electron chi connectivity index (χ1n) is 13.6. The van der Waals surface area contributed by atoms with Gasteiger partial charge in [-0.1, -0.05) is 120 Å². The van der Waals surface area contributed by atoms with E-state index in [1.807, 2.05) is 0 Å². The van der Waals surface area contributed by atoms with Gasteiger partial charge in [0, 0.05) is 0 Å². The molecule has 2 aliphatic rings. The first-order chi connectivity index (χ1) is 17.8. The van der Waals surface area contributed by atoms with Crippen LogP contribution in [0.15, 0.2) is 96.1 Å². The number of hydrogen-bond donors (Lipinski definition) is 0. The van der Waals surface area contributed by atoms with Crippen LogP contribution in [0.3, 0.4) is 0 Å². The summed E-state index contributed by atoms with van der Waals surface area (Å²) in [4.78, 5) is 0. The SMILES string of the molecule is CC1=C(C)c2c(-c3ccccc3)ccc([Si](C)(C)c3ccc(-c4ccccc4)c4c3CC(C)=C4C)c2C1. The van der Waals surface area contributed by atoms with Crippen LogP contribution in [-0.4, -0.2) is 8.07 Å². The zero-order valence-electron chi connectivity index (χ0n) is 23.0. The number of allylic oxidation sites excluding steroid dienone is 4. The van der Waals surface area contributed by atoms with E-state index in [2.05, 4.69) is 126 Å². The van der Waals surface area contributed by atoms with Crippen LogP contribution in [0.5, 0.6) is 0 Å². The predicted molar refractivity (Wildman–Crippen MR) is 164 cm³/mol. The molecule has 0 unspecified atom stereocenters. The Hall–Kier alpha value is -3.42. The molecule has 2 aliphatic carbocycles. The number of rotatable bonds is 4. The first kappa shape index (κ1) is 23.9. The molecule has 0 fully saturated rings. The van der Waals surface area contributed by atoms with Crippen LogP contribution in [0.1, 0.15) is 49.9 Å². The standard InChI is InChI=1S/C36H36Si/c1-23-21-31-33(19-17-29(35(31)25(23)3)27-13-9-7-10-14-27)37(5,6)34-20-18-30(28-15-11-8-12-16-28)36-26(4)24(2)22-32(34)36/h7-20H,21-22H2,1-6H3. The zero-order valence-corrected chi connectivity index (χ0v) is 24.0. The Morgan fingerprint density at radius 1 is 0.486 bits per heavy atom. The largest absolute Gasteiger partial charge is 0.113 e. The van der Waals surface area contributed by atoms with Crippen LogP contribution >= 0.6 is 0 Å². The molecular weight excluding hydrogens is 460 g/mol. The van der Waals surface area contributed by atoms with Gasteiger partial charge in [-0.25, -0.2) is 0 Å². The van der Waals surface area contributed by atoms with Crippen LogP contribution in [0.25, 0.3) is 33.4 Å². The molecule has 4 aromatic rings. The summed E-state index contributed by atoms with van der Waals surface area (Å²) in [5.74, 6) is 0. The third kappa shape index (κ3) is 3.71. The summed E-state index contributed by atoms with van der Waals surface area (Å²) < 4.78 is 0. The number of hydrogen-bond acceptors (Lipinski definition) is 0. The van der Waals surface area contributed by atoms with Gasteiger partial charge in [-0.15, -0.1) is 0 Å². The van der Waals surface area contributed by atoms with E-state index in [1.54, 1.807) is 21.5 Å². The van der Waals surface area contributed by atoms with E-state index in [0.29, 0.717) is 0 Å². The van der Waals surface area contributed by atoms with Crippen molar-refractivity contribution in [2.45, 2.75) is 53.6 Å². The Balaban J connectivity index is 1.55. The van der Waals surface area contributed by atoms with Crippen molar-refractivity contribution in [1.82, 2.24) is 0 Å². The van der Waals surface area contributed by atoms with Gasteiger partial charge in [0.05, 0.1) is 0 Å². The molecule has 0 spiro atoms. The summed E-state index contributed by atoms with van der Waals surface area (Å²) >= 11 is 0. The minimum Gasteiger partial charge on any atom is -0.0654 e. The van der Waals surface area contributed by atoms with Gasteiger partial charge in [-0.05, 0) is 96.2 Å². The Kier molecular flexibility index (Phi) is 5.73. The highest BCUT2D eigenvalue weighted by Crippen LogP contribution is 2.41. The van der Waals surface area contributed by atoms with Gasteiger partial charge in [-0.3, -0.25) is 0 Å². The Bertz CT molecular complexity index is 1480. The molecule has 0 radical (unpaired) electrons. The smallest absolute Gasteiger partial charge is 0.0654 e. The van der Waals surface area contributed by atoms with Crippen molar-refractivity contribution in [3.05, 3.63) is 118 Å². The van der Waals surface area contributed by atoms with Gasteiger partial charge in [0.1, 0.15) is 8.07 Å². The average molecular weight is 497 g/mol. The second-order valence-corrected chi connectivity index (χ2v) is 15.9. The second kappa shape index (κ2) is 8.85. The molecule has 0 bridgehead atoms. The molecule has 0 N–H and O–H groups in total. The summed E-state index contributed by atoms with van der Waals surface area (Å²) in [5.41, 5.74) is 17.5. The Morgan fingerprint density at radius 2 is 0.865 bits per heavy atom. The van der Waals surface area contributed by atoms with Crippen molar-refractivity contribution >= 4 is 29.6 Å². The molecule has 6 rings (SSSR count). The van der Waals surface area contributed by atoms with Gasteiger partial charge < -0.3 is 0 Å². The zero-order chi connectivity index (χ0) is 25.9. The molecule has 0 saturated heterocycles. The predicted octanol–water partition coefficient (Wildman–Crippen LogP) is 8.54. The molecule has 0 nitrogen and oxygen atoms in total. The molecule has 0 amide bonds. The van der Waals surface area contributed by atoms with Gasteiger partial charge in [0.25, 0.3) is 0 Å². The van der Waals surface area contributed by atoms with Crippen molar-refractivity contribution in [3.8, 4) is 22.3 Å². The van der Waals surface area contributed by atoms with E-state index in [0.717, 1.165) is 12.8 Å². The Labute approximate surface area is 223 Å². The molecule has 1 heteroatoms. The lowest BCUT2D eigenvalue weighted by atomic mass is 9.94. The van der Waals surface area contributed by atoms with Gasteiger partial charge in [0.2, 0.25) is 0 Å². The van der Waals surface area contributed by atoms with Gasteiger partial charge >= 0.3 is 0 Å². The highest BCUT2D eigenvalue weighted by atomic mass is 28.3. The first-order valence-corrected chi connectivity index (χ1v) is 16.6. The summed E-state index contributed by atoms with van der Waals surface area (Å²) in [6.07, 6.45) is 2.16. The molecular formula is C36H36Si. The van der Waals surface area contributed by atoms with Crippen LogP contribution in [0.2, 0.25) is 13.1 Å². The lowest BCUT2D eigenvalue weighted by Gasteiger charge is -2.30. The molecule has 0 saturated carbocycles. The maximum absolute atomic E-state index is 2.58. The van der Waals surface area contributed by atoms with E-state index in [1.165, 1.54) is 55.7 Å². The van der Waals surface area contributed by atoms with E-state index < -0.39 is 8.07 Å².